The van der Waals surface area contributed by atoms with Crippen LogP contribution in [0.4, 0.5) is 0 Å². The molecule has 78 valence electrons. The quantitative estimate of drug-likeness (QED) is 0.835. The molecular weight excluding hydrogens is 200 g/mol. The van der Waals surface area contributed by atoms with Gasteiger partial charge in [-0.15, -0.1) is 0 Å². The molecule has 0 aliphatic carbocycles. The first-order valence-electron chi connectivity index (χ1n) is 4.63. The Morgan fingerprint density at radius 3 is 2.71 bits per heavy atom. The highest BCUT2D eigenvalue weighted by Crippen LogP contribution is 2.27. The minimum atomic E-state index is 0.189. The number of aryl methyl sites for hydroxylation is 2. The lowest BCUT2D eigenvalue weighted by atomic mass is 10.1. The molecule has 0 bridgehead atoms. The largest absolute Gasteiger partial charge is 0.496 e. The van der Waals surface area contributed by atoms with Gasteiger partial charge in [-0.3, -0.25) is 0 Å². The second kappa shape index (κ2) is 5.23. The number of hydrogen-bond donors (Lipinski definition) is 1. The summed E-state index contributed by atoms with van der Waals surface area (Å²) >= 11 is 6.00. The Balaban J connectivity index is 2.95. The van der Waals surface area contributed by atoms with Crippen LogP contribution in [0, 0.1) is 6.92 Å². The van der Waals surface area contributed by atoms with E-state index in [2.05, 4.69) is 0 Å². The molecular formula is C11H15ClO2. The highest BCUT2D eigenvalue weighted by Gasteiger charge is 2.06. The van der Waals surface area contributed by atoms with Crippen LogP contribution < -0.4 is 4.74 Å². The standard InChI is InChI=1S/C11H15ClO2/c1-8-6-11(14-2)9(4-3-5-13)7-10(8)12/h6-7,13H,3-5H2,1-2H3. The van der Waals surface area contributed by atoms with E-state index in [1.165, 1.54) is 0 Å². The normalized spacial score (nSPS) is 10.3. The number of aliphatic hydroxyl groups excluding tert-OH is 1. The second-order valence-electron chi connectivity index (χ2n) is 3.24. The third kappa shape index (κ3) is 2.63. The summed E-state index contributed by atoms with van der Waals surface area (Å²) in [7, 11) is 1.64. The maximum Gasteiger partial charge on any atom is 0.122 e. The van der Waals surface area contributed by atoms with E-state index >= 15 is 0 Å². The molecule has 0 saturated heterocycles. The summed E-state index contributed by atoms with van der Waals surface area (Å²) in [5, 5.41) is 9.49. The van der Waals surface area contributed by atoms with Crippen molar-refractivity contribution >= 4 is 11.6 Å². The van der Waals surface area contributed by atoms with Crippen LogP contribution in [0.1, 0.15) is 17.5 Å². The van der Waals surface area contributed by atoms with Crippen LogP contribution in [-0.2, 0) is 6.42 Å². The van der Waals surface area contributed by atoms with Crippen LogP contribution in [0.3, 0.4) is 0 Å². The molecule has 0 aliphatic heterocycles. The molecule has 0 unspecified atom stereocenters. The van der Waals surface area contributed by atoms with Crippen molar-refractivity contribution in [2.24, 2.45) is 0 Å². The maximum atomic E-state index is 8.74. The third-order valence-corrected chi connectivity index (χ3v) is 2.57. The molecule has 1 aromatic carbocycles. The van der Waals surface area contributed by atoms with Crippen molar-refractivity contribution in [2.75, 3.05) is 13.7 Å². The molecule has 0 spiro atoms. The van der Waals surface area contributed by atoms with Gasteiger partial charge >= 0.3 is 0 Å². The van der Waals surface area contributed by atoms with E-state index in [0.717, 1.165) is 34.7 Å². The minimum Gasteiger partial charge on any atom is -0.496 e. The van der Waals surface area contributed by atoms with E-state index in [0.29, 0.717) is 0 Å². The monoisotopic (exact) mass is 214 g/mol. The smallest absolute Gasteiger partial charge is 0.122 e. The Labute approximate surface area is 89.5 Å². The number of halogens is 1. The molecule has 1 aromatic rings. The molecule has 0 fully saturated rings. The van der Waals surface area contributed by atoms with Crippen molar-refractivity contribution in [2.45, 2.75) is 19.8 Å². The zero-order valence-electron chi connectivity index (χ0n) is 8.51. The van der Waals surface area contributed by atoms with E-state index in [4.69, 9.17) is 21.4 Å². The maximum absolute atomic E-state index is 8.74. The van der Waals surface area contributed by atoms with Crippen molar-refractivity contribution in [1.82, 2.24) is 0 Å². The summed E-state index contributed by atoms with van der Waals surface area (Å²) in [6, 6.07) is 3.83. The highest BCUT2D eigenvalue weighted by atomic mass is 35.5. The first-order chi connectivity index (χ1) is 6.69. The van der Waals surface area contributed by atoms with Gasteiger partial charge in [0.05, 0.1) is 7.11 Å². The predicted molar refractivity (Wildman–Crippen MR) is 58.1 cm³/mol. The highest BCUT2D eigenvalue weighted by molar-refractivity contribution is 6.31. The predicted octanol–water partition coefficient (Wildman–Crippen LogP) is 2.58. The van der Waals surface area contributed by atoms with Crippen LogP contribution >= 0.6 is 11.6 Å². The van der Waals surface area contributed by atoms with Crippen molar-refractivity contribution < 1.29 is 9.84 Å². The summed E-state index contributed by atoms with van der Waals surface area (Å²) in [5.41, 5.74) is 2.06. The van der Waals surface area contributed by atoms with Crippen molar-refractivity contribution in [3.05, 3.63) is 28.3 Å². The van der Waals surface area contributed by atoms with Crippen LogP contribution in [-0.4, -0.2) is 18.8 Å². The van der Waals surface area contributed by atoms with Crippen LogP contribution in [0.15, 0.2) is 12.1 Å². The van der Waals surface area contributed by atoms with Crippen molar-refractivity contribution in [3.63, 3.8) is 0 Å². The molecule has 1 rings (SSSR count). The molecule has 14 heavy (non-hydrogen) atoms. The van der Waals surface area contributed by atoms with E-state index in [9.17, 15) is 0 Å². The molecule has 0 heterocycles. The van der Waals surface area contributed by atoms with Gasteiger partial charge in [-0.2, -0.15) is 0 Å². The number of ether oxygens (including phenoxy) is 1. The molecule has 2 nitrogen and oxygen atoms in total. The van der Waals surface area contributed by atoms with Crippen LogP contribution in [0.5, 0.6) is 5.75 Å². The Hall–Kier alpha value is -0.730. The van der Waals surface area contributed by atoms with E-state index < -0.39 is 0 Å². The lowest BCUT2D eigenvalue weighted by molar-refractivity contribution is 0.287. The summed E-state index contributed by atoms with van der Waals surface area (Å²) in [5.74, 6) is 0.848. The number of rotatable bonds is 4. The van der Waals surface area contributed by atoms with Crippen LogP contribution in [0.2, 0.25) is 5.02 Å². The second-order valence-corrected chi connectivity index (χ2v) is 3.65. The average molecular weight is 215 g/mol. The van der Waals surface area contributed by atoms with Gasteiger partial charge in [-0.25, -0.2) is 0 Å². The summed E-state index contributed by atoms with van der Waals surface area (Å²) in [6.07, 6.45) is 1.52. The summed E-state index contributed by atoms with van der Waals surface area (Å²) in [6.45, 7) is 2.13. The number of methoxy groups -OCH3 is 1. The molecule has 1 N–H and O–H groups in total. The van der Waals surface area contributed by atoms with E-state index in [1.54, 1.807) is 7.11 Å². The van der Waals surface area contributed by atoms with Gasteiger partial charge in [-0.05, 0) is 43.0 Å². The van der Waals surface area contributed by atoms with Crippen LogP contribution in [0.25, 0.3) is 0 Å². The molecule has 0 amide bonds. The van der Waals surface area contributed by atoms with Gasteiger partial charge < -0.3 is 9.84 Å². The molecule has 0 aromatic heterocycles. The first kappa shape index (κ1) is 11.3. The Kier molecular flexibility index (Phi) is 4.23. The van der Waals surface area contributed by atoms with E-state index in [-0.39, 0.29) is 6.61 Å². The number of hydrogen-bond acceptors (Lipinski definition) is 2. The lowest BCUT2D eigenvalue weighted by Gasteiger charge is -2.10. The van der Waals surface area contributed by atoms with Gasteiger partial charge in [0.25, 0.3) is 0 Å². The molecule has 0 atom stereocenters. The summed E-state index contributed by atoms with van der Waals surface area (Å²) in [4.78, 5) is 0. The fourth-order valence-electron chi connectivity index (χ4n) is 1.35. The minimum absolute atomic E-state index is 0.189. The number of benzene rings is 1. The lowest BCUT2D eigenvalue weighted by Crippen LogP contribution is -1.95. The van der Waals surface area contributed by atoms with Gasteiger partial charge in [0, 0.05) is 11.6 Å². The fraction of sp³-hybridized carbons (Fsp3) is 0.455. The fourth-order valence-corrected chi connectivity index (χ4v) is 1.54. The summed E-state index contributed by atoms with van der Waals surface area (Å²) < 4.78 is 5.24. The molecule has 3 heteroatoms. The van der Waals surface area contributed by atoms with Gasteiger partial charge in [0.2, 0.25) is 0 Å². The Morgan fingerprint density at radius 2 is 2.14 bits per heavy atom. The number of aliphatic hydroxyl groups is 1. The first-order valence-corrected chi connectivity index (χ1v) is 5.00. The van der Waals surface area contributed by atoms with Gasteiger partial charge in [-0.1, -0.05) is 11.6 Å². The molecule has 0 saturated carbocycles. The zero-order valence-corrected chi connectivity index (χ0v) is 9.27. The van der Waals surface area contributed by atoms with Crippen molar-refractivity contribution in [3.8, 4) is 5.75 Å². The van der Waals surface area contributed by atoms with E-state index in [1.807, 2.05) is 19.1 Å². The van der Waals surface area contributed by atoms with Gasteiger partial charge in [0.15, 0.2) is 0 Å². The zero-order chi connectivity index (χ0) is 10.6. The SMILES string of the molecule is COc1cc(C)c(Cl)cc1CCCO. The topological polar surface area (TPSA) is 29.5 Å². The van der Waals surface area contributed by atoms with Gasteiger partial charge in [0.1, 0.15) is 5.75 Å². The Morgan fingerprint density at radius 1 is 1.43 bits per heavy atom. The molecule has 0 radical (unpaired) electrons. The average Bonchev–Trinajstić information content (AvgIpc) is 2.19. The van der Waals surface area contributed by atoms with Crippen molar-refractivity contribution in [1.29, 1.82) is 0 Å². The Bertz CT molecular complexity index is 310. The molecule has 0 aliphatic rings. The third-order valence-electron chi connectivity index (χ3n) is 2.17.